The van der Waals surface area contributed by atoms with Crippen molar-refractivity contribution in [1.82, 2.24) is 10.2 Å². The molecule has 1 aliphatic rings. The first-order valence-corrected chi connectivity index (χ1v) is 8.29. The summed E-state index contributed by atoms with van der Waals surface area (Å²) in [7, 11) is 0. The maximum atomic E-state index is 12.6. The highest BCUT2D eigenvalue weighted by Crippen LogP contribution is 2.21. The first-order chi connectivity index (χ1) is 10.8. The highest BCUT2D eigenvalue weighted by Gasteiger charge is 2.35. The fourth-order valence-electron chi connectivity index (χ4n) is 2.87. The van der Waals surface area contributed by atoms with E-state index in [2.05, 4.69) is 17.6 Å². The van der Waals surface area contributed by atoms with Gasteiger partial charge >= 0.3 is 6.03 Å². The van der Waals surface area contributed by atoms with Crippen LogP contribution in [0.4, 0.5) is 10.5 Å². The zero-order valence-corrected chi connectivity index (χ0v) is 14.5. The minimum atomic E-state index is -0.386. The molecule has 1 aliphatic heterocycles. The van der Waals surface area contributed by atoms with Crippen LogP contribution in [0.2, 0.25) is 0 Å². The Kier molecular flexibility index (Phi) is 5.29. The van der Waals surface area contributed by atoms with Gasteiger partial charge in [0.2, 0.25) is 5.91 Å². The molecule has 2 N–H and O–H groups in total. The van der Waals surface area contributed by atoms with Crippen LogP contribution in [0, 0.1) is 0 Å². The van der Waals surface area contributed by atoms with Crippen molar-refractivity contribution in [2.75, 3.05) is 11.9 Å². The number of nitrogens with zero attached hydrogens (tertiary/aromatic N) is 1. The SMILES string of the molecule is CCc1ccccc1NC(=O)N1CCCC1C(=O)NC(C)(C)C. The molecule has 5 heteroatoms. The van der Waals surface area contributed by atoms with E-state index in [1.54, 1.807) is 4.90 Å². The van der Waals surface area contributed by atoms with Crippen LogP contribution < -0.4 is 10.6 Å². The molecule has 0 aliphatic carbocycles. The molecule has 0 aromatic heterocycles. The lowest BCUT2D eigenvalue weighted by molar-refractivity contribution is -0.126. The molecule has 5 nitrogen and oxygen atoms in total. The van der Waals surface area contributed by atoms with Gasteiger partial charge in [-0.25, -0.2) is 4.79 Å². The molecule has 1 atom stereocenters. The lowest BCUT2D eigenvalue weighted by Crippen LogP contribution is -2.52. The molecule has 1 saturated heterocycles. The number of benzene rings is 1. The molecule has 2 rings (SSSR count). The van der Waals surface area contributed by atoms with Gasteiger partial charge in [0.15, 0.2) is 0 Å². The van der Waals surface area contributed by atoms with Crippen molar-refractivity contribution < 1.29 is 9.59 Å². The van der Waals surface area contributed by atoms with E-state index in [0.717, 1.165) is 24.1 Å². The summed E-state index contributed by atoms with van der Waals surface area (Å²) in [5.41, 5.74) is 1.62. The minimum Gasteiger partial charge on any atom is -0.350 e. The number of hydrogen-bond acceptors (Lipinski definition) is 2. The number of nitrogens with one attached hydrogen (secondary N) is 2. The van der Waals surface area contributed by atoms with Gasteiger partial charge in [0.25, 0.3) is 0 Å². The average molecular weight is 317 g/mol. The third-order valence-electron chi connectivity index (χ3n) is 3.95. The van der Waals surface area contributed by atoms with E-state index in [1.807, 2.05) is 45.0 Å². The number of hydrogen-bond donors (Lipinski definition) is 2. The maximum absolute atomic E-state index is 12.6. The zero-order valence-electron chi connectivity index (χ0n) is 14.5. The number of amides is 3. The highest BCUT2D eigenvalue weighted by atomic mass is 16.2. The molecule has 1 heterocycles. The van der Waals surface area contributed by atoms with Crippen molar-refractivity contribution in [2.24, 2.45) is 0 Å². The van der Waals surface area contributed by atoms with Crippen molar-refractivity contribution in [3.63, 3.8) is 0 Å². The molecule has 1 fully saturated rings. The smallest absolute Gasteiger partial charge is 0.322 e. The number of urea groups is 1. The molecule has 1 aromatic rings. The second-order valence-electron chi connectivity index (χ2n) is 7.03. The predicted octanol–water partition coefficient (Wildman–Crippen LogP) is 3.16. The molecule has 0 radical (unpaired) electrons. The van der Waals surface area contributed by atoms with E-state index in [9.17, 15) is 9.59 Å². The number of carbonyl (C=O) groups excluding carboxylic acids is 2. The van der Waals surface area contributed by atoms with Crippen molar-refractivity contribution >= 4 is 17.6 Å². The topological polar surface area (TPSA) is 61.4 Å². The van der Waals surface area contributed by atoms with Gasteiger partial charge in [-0.2, -0.15) is 0 Å². The van der Waals surface area contributed by atoms with Crippen LogP contribution in [0.25, 0.3) is 0 Å². The Bertz CT molecular complexity index is 578. The molecular weight excluding hydrogens is 290 g/mol. The summed E-state index contributed by atoms with van der Waals surface area (Å²) in [6.07, 6.45) is 2.42. The van der Waals surface area contributed by atoms with Crippen molar-refractivity contribution in [3.8, 4) is 0 Å². The second-order valence-corrected chi connectivity index (χ2v) is 7.03. The zero-order chi connectivity index (χ0) is 17.0. The fourth-order valence-corrected chi connectivity index (χ4v) is 2.87. The summed E-state index contributed by atoms with van der Waals surface area (Å²) in [5.74, 6) is -0.0751. The summed E-state index contributed by atoms with van der Waals surface area (Å²) in [4.78, 5) is 26.7. The van der Waals surface area contributed by atoms with Crippen LogP contribution in [0.5, 0.6) is 0 Å². The lowest BCUT2D eigenvalue weighted by atomic mass is 10.1. The molecule has 3 amide bonds. The standard InChI is InChI=1S/C18H27N3O2/c1-5-13-9-6-7-10-14(13)19-17(23)21-12-8-11-15(21)16(22)20-18(2,3)4/h6-7,9-10,15H,5,8,11-12H2,1-4H3,(H,19,23)(H,20,22). The molecule has 1 aromatic carbocycles. The Morgan fingerprint density at radius 3 is 2.61 bits per heavy atom. The number of likely N-dealkylation sites (tertiary alicyclic amines) is 1. The first-order valence-electron chi connectivity index (χ1n) is 8.29. The Hall–Kier alpha value is -2.04. The normalized spacial score (nSPS) is 17.9. The molecule has 23 heavy (non-hydrogen) atoms. The van der Waals surface area contributed by atoms with E-state index in [4.69, 9.17) is 0 Å². The van der Waals surface area contributed by atoms with Gasteiger partial charge in [-0.05, 0) is 51.7 Å². The fraction of sp³-hybridized carbons (Fsp3) is 0.556. The van der Waals surface area contributed by atoms with Gasteiger partial charge in [0.1, 0.15) is 6.04 Å². The monoisotopic (exact) mass is 317 g/mol. The number of anilines is 1. The summed E-state index contributed by atoms with van der Waals surface area (Å²) in [6.45, 7) is 8.51. The summed E-state index contributed by atoms with van der Waals surface area (Å²) >= 11 is 0. The van der Waals surface area contributed by atoms with E-state index in [0.29, 0.717) is 13.0 Å². The second kappa shape index (κ2) is 7.02. The number of rotatable bonds is 3. The maximum Gasteiger partial charge on any atom is 0.322 e. The van der Waals surface area contributed by atoms with E-state index < -0.39 is 0 Å². The molecule has 1 unspecified atom stereocenters. The number of para-hydroxylation sites is 1. The highest BCUT2D eigenvalue weighted by molar-refractivity contribution is 5.94. The van der Waals surface area contributed by atoms with E-state index in [-0.39, 0.29) is 23.5 Å². The molecular formula is C18H27N3O2. The van der Waals surface area contributed by atoms with Gasteiger partial charge in [-0.3, -0.25) is 4.79 Å². The Morgan fingerprint density at radius 1 is 1.26 bits per heavy atom. The number of carbonyl (C=O) groups is 2. The predicted molar refractivity (Wildman–Crippen MR) is 92.5 cm³/mol. The largest absolute Gasteiger partial charge is 0.350 e. The van der Waals surface area contributed by atoms with Crippen LogP contribution in [-0.4, -0.2) is 35.0 Å². The molecule has 126 valence electrons. The van der Waals surface area contributed by atoms with Crippen LogP contribution >= 0.6 is 0 Å². The van der Waals surface area contributed by atoms with E-state index >= 15 is 0 Å². The summed E-state index contributed by atoms with van der Waals surface area (Å²) in [5, 5.41) is 5.93. The van der Waals surface area contributed by atoms with Crippen LogP contribution in [0.15, 0.2) is 24.3 Å². The van der Waals surface area contributed by atoms with Gasteiger partial charge in [-0.1, -0.05) is 25.1 Å². The lowest BCUT2D eigenvalue weighted by Gasteiger charge is -2.28. The third kappa shape index (κ3) is 4.47. The molecule has 0 bridgehead atoms. The van der Waals surface area contributed by atoms with E-state index in [1.165, 1.54) is 0 Å². The van der Waals surface area contributed by atoms with Gasteiger partial charge in [-0.15, -0.1) is 0 Å². The minimum absolute atomic E-state index is 0.0751. The van der Waals surface area contributed by atoms with Crippen LogP contribution in [0.1, 0.15) is 46.1 Å². The van der Waals surface area contributed by atoms with Crippen molar-refractivity contribution in [3.05, 3.63) is 29.8 Å². The first kappa shape index (κ1) is 17.3. The molecule has 0 spiro atoms. The van der Waals surface area contributed by atoms with Crippen molar-refractivity contribution in [2.45, 2.75) is 58.5 Å². The Morgan fingerprint density at radius 2 is 1.96 bits per heavy atom. The number of aryl methyl sites for hydroxylation is 1. The van der Waals surface area contributed by atoms with Crippen molar-refractivity contribution in [1.29, 1.82) is 0 Å². The van der Waals surface area contributed by atoms with Crippen LogP contribution in [0.3, 0.4) is 0 Å². The molecule has 0 saturated carbocycles. The summed E-state index contributed by atoms with van der Waals surface area (Å²) < 4.78 is 0. The average Bonchev–Trinajstić information content (AvgIpc) is 2.95. The third-order valence-corrected chi connectivity index (χ3v) is 3.95. The quantitative estimate of drug-likeness (QED) is 0.899. The summed E-state index contributed by atoms with van der Waals surface area (Å²) in [6, 6.07) is 7.19. The Labute approximate surface area is 138 Å². The van der Waals surface area contributed by atoms with Gasteiger partial charge < -0.3 is 15.5 Å². The van der Waals surface area contributed by atoms with Gasteiger partial charge in [0.05, 0.1) is 0 Å². The van der Waals surface area contributed by atoms with Gasteiger partial charge in [0, 0.05) is 17.8 Å². The van der Waals surface area contributed by atoms with Crippen LogP contribution in [-0.2, 0) is 11.2 Å². The Balaban J connectivity index is 2.07.